The second-order valence-electron chi connectivity index (χ2n) is 7.95. The Hall–Kier alpha value is -3.48. The number of ether oxygens (including phenoxy) is 1. The zero-order valence-electron chi connectivity index (χ0n) is 18.3. The fourth-order valence-corrected chi connectivity index (χ4v) is 4.00. The number of halogens is 2. The fraction of sp³-hybridized carbons (Fsp3) is 0.154. The Morgan fingerprint density at radius 3 is 2.00 bits per heavy atom. The van der Waals surface area contributed by atoms with Crippen molar-refractivity contribution >= 4 is 46.8 Å². The lowest BCUT2D eigenvalue weighted by molar-refractivity contribution is -0.147. The van der Waals surface area contributed by atoms with E-state index >= 15 is 0 Å². The van der Waals surface area contributed by atoms with E-state index in [1.807, 2.05) is 19.9 Å². The summed E-state index contributed by atoms with van der Waals surface area (Å²) in [5.41, 5.74) is 2.91. The molecule has 1 heterocycles. The number of hydrogen-bond acceptors (Lipinski definition) is 5. The van der Waals surface area contributed by atoms with E-state index < -0.39 is 36.2 Å². The van der Waals surface area contributed by atoms with E-state index in [2.05, 4.69) is 0 Å². The van der Waals surface area contributed by atoms with Crippen LogP contribution in [0.3, 0.4) is 0 Å². The van der Waals surface area contributed by atoms with Gasteiger partial charge in [-0.15, -0.1) is 0 Å². The second-order valence-corrected chi connectivity index (χ2v) is 8.77. The third-order valence-electron chi connectivity index (χ3n) is 5.68. The summed E-state index contributed by atoms with van der Waals surface area (Å²) < 4.78 is 5.54. The predicted molar refractivity (Wildman–Crippen MR) is 127 cm³/mol. The number of imide groups is 1. The summed E-state index contributed by atoms with van der Waals surface area (Å²) in [5.74, 6) is -2.69. The monoisotopic (exact) mass is 495 g/mol. The molecule has 0 saturated heterocycles. The standard InChI is InChI=1S/C26H19Cl2NO5/c1-14-8-9-17(10-15(14)2)23(31)24(16-6-4-3-5-7-16)34-22(30)13-29-25(32)18-11-20(27)21(28)12-19(18)26(29)33/h3-12,24H,13H2,1-2H3/t24-/m0/s1. The summed E-state index contributed by atoms with van der Waals surface area (Å²) in [5, 5.41) is 0.239. The number of hydrogen-bond donors (Lipinski definition) is 0. The highest BCUT2D eigenvalue weighted by Crippen LogP contribution is 2.32. The van der Waals surface area contributed by atoms with Crippen LogP contribution in [0, 0.1) is 13.8 Å². The molecule has 0 bridgehead atoms. The average Bonchev–Trinajstić information content (AvgIpc) is 3.04. The van der Waals surface area contributed by atoms with Crippen LogP contribution >= 0.6 is 23.2 Å². The first-order chi connectivity index (χ1) is 16.2. The van der Waals surface area contributed by atoms with Gasteiger partial charge in [0, 0.05) is 11.1 Å². The van der Waals surface area contributed by atoms with Gasteiger partial charge in [0.25, 0.3) is 11.8 Å². The molecule has 1 atom stereocenters. The predicted octanol–water partition coefficient (Wildman–Crippen LogP) is 5.37. The topological polar surface area (TPSA) is 80.8 Å². The molecule has 1 aliphatic rings. The van der Waals surface area contributed by atoms with Crippen LogP contribution in [0.4, 0.5) is 0 Å². The number of aryl methyl sites for hydroxylation is 2. The smallest absolute Gasteiger partial charge is 0.327 e. The van der Waals surface area contributed by atoms with Gasteiger partial charge in [0.1, 0.15) is 6.54 Å². The van der Waals surface area contributed by atoms with Gasteiger partial charge in [-0.2, -0.15) is 0 Å². The van der Waals surface area contributed by atoms with Crippen molar-refractivity contribution in [2.75, 3.05) is 6.54 Å². The number of carbonyl (C=O) groups is 4. The number of nitrogens with zero attached hydrogens (tertiary/aromatic N) is 1. The number of fused-ring (bicyclic) bond motifs is 1. The van der Waals surface area contributed by atoms with E-state index in [9.17, 15) is 19.2 Å². The van der Waals surface area contributed by atoms with Gasteiger partial charge in [-0.05, 0) is 43.2 Å². The van der Waals surface area contributed by atoms with E-state index in [4.69, 9.17) is 27.9 Å². The summed E-state index contributed by atoms with van der Waals surface area (Å²) in [6.07, 6.45) is -1.24. The van der Waals surface area contributed by atoms with E-state index in [-0.39, 0.29) is 21.2 Å². The Morgan fingerprint density at radius 2 is 1.44 bits per heavy atom. The van der Waals surface area contributed by atoms with Crippen LogP contribution in [-0.4, -0.2) is 35.0 Å². The highest BCUT2D eigenvalue weighted by molar-refractivity contribution is 6.43. The minimum Gasteiger partial charge on any atom is -0.448 e. The van der Waals surface area contributed by atoms with Crippen molar-refractivity contribution in [3.8, 4) is 0 Å². The lowest BCUT2D eigenvalue weighted by Gasteiger charge is -2.20. The van der Waals surface area contributed by atoms with Crippen molar-refractivity contribution in [3.05, 3.63) is 104 Å². The summed E-state index contributed by atoms with van der Waals surface area (Å²) in [4.78, 5) is 52.3. The van der Waals surface area contributed by atoms with Crippen LogP contribution in [0.15, 0.2) is 60.7 Å². The van der Waals surface area contributed by atoms with Crippen LogP contribution in [0.5, 0.6) is 0 Å². The number of carbonyl (C=O) groups excluding carboxylic acids is 4. The van der Waals surface area contributed by atoms with Crippen LogP contribution in [-0.2, 0) is 9.53 Å². The zero-order valence-corrected chi connectivity index (χ0v) is 19.8. The maximum absolute atomic E-state index is 13.3. The highest BCUT2D eigenvalue weighted by atomic mass is 35.5. The van der Waals surface area contributed by atoms with Crippen LogP contribution < -0.4 is 0 Å². The molecule has 3 aromatic carbocycles. The molecule has 6 nitrogen and oxygen atoms in total. The Morgan fingerprint density at radius 1 is 0.853 bits per heavy atom. The van der Waals surface area contributed by atoms with Crippen molar-refractivity contribution in [1.29, 1.82) is 0 Å². The van der Waals surface area contributed by atoms with Crippen LogP contribution in [0.1, 0.15) is 53.9 Å². The van der Waals surface area contributed by atoms with Crippen molar-refractivity contribution in [3.63, 3.8) is 0 Å². The Kier molecular flexibility index (Phi) is 6.55. The normalized spacial score (nSPS) is 13.6. The average molecular weight is 496 g/mol. The van der Waals surface area contributed by atoms with Crippen LogP contribution in [0.2, 0.25) is 10.0 Å². The van der Waals surface area contributed by atoms with Gasteiger partial charge in [-0.25, -0.2) is 0 Å². The largest absolute Gasteiger partial charge is 0.448 e. The van der Waals surface area contributed by atoms with Gasteiger partial charge in [-0.1, -0.05) is 65.7 Å². The van der Waals surface area contributed by atoms with E-state index in [0.717, 1.165) is 16.0 Å². The molecule has 1 aliphatic heterocycles. The molecule has 0 saturated carbocycles. The molecule has 4 rings (SSSR count). The second kappa shape index (κ2) is 9.41. The molecule has 34 heavy (non-hydrogen) atoms. The van der Waals surface area contributed by atoms with Gasteiger partial charge < -0.3 is 4.74 Å². The van der Waals surface area contributed by atoms with Crippen molar-refractivity contribution in [2.24, 2.45) is 0 Å². The Balaban J connectivity index is 1.58. The van der Waals surface area contributed by atoms with Crippen molar-refractivity contribution < 1.29 is 23.9 Å². The first kappa shape index (κ1) is 23.7. The molecule has 0 aromatic heterocycles. The molecule has 0 radical (unpaired) electrons. The number of amides is 2. The maximum atomic E-state index is 13.3. The zero-order chi connectivity index (χ0) is 24.6. The minimum atomic E-state index is -1.24. The Bertz CT molecular complexity index is 1300. The number of ketones is 1. The molecule has 0 aliphatic carbocycles. The van der Waals surface area contributed by atoms with E-state index in [1.165, 1.54) is 12.1 Å². The first-order valence-electron chi connectivity index (χ1n) is 10.4. The number of Topliss-reactive ketones (excluding diaryl/α,β-unsaturated/α-hetero) is 1. The van der Waals surface area contributed by atoms with Gasteiger partial charge in [0.05, 0.1) is 21.2 Å². The summed E-state index contributed by atoms with van der Waals surface area (Å²) in [7, 11) is 0. The van der Waals surface area contributed by atoms with Gasteiger partial charge >= 0.3 is 5.97 Å². The minimum absolute atomic E-state index is 0.0537. The third-order valence-corrected chi connectivity index (χ3v) is 6.40. The van der Waals surface area contributed by atoms with Crippen molar-refractivity contribution in [1.82, 2.24) is 4.90 Å². The first-order valence-corrected chi connectivity index (χ1v) is 11.1. The van der Waals surface area contributed by atoms with Gasteiger partial charge in [0.15, 0.2) is 6.10 Å². The molecule has 172 valence electrons. The molecule has 0 unspecified atom stereocenters. The highest BCUT2D eigenvalue weighted by Gasteiger charge is 2.38. The Labute approximate surface area is 206 Å². The van der Waals surface area contributed by atoms with Gasteiger partial charge in [-0.3, -0.25) is 24.1 Å². The number of esters is 1. The SMILES string of the molecule is Cc1ccc(C(=O)[C@@H](OC(=O)CN2C(=O)c3cc(Cl)c(Cl)cc3C2=O)c2ccccc2)cc1C. The lowest BCUT2D eigenvalue weighted by Crippen LogP contribution is -2.36. The quantitative estimate of drug-likeness (QED) is 0.260. The van der Waals surface area contributed by atoms with E-state index in [1.54, 1.807) is 42.5 Å². The molecule has 3 aromatic rings. The molecule has 8 heteroatoms. The fourth-order valence-electron chi connectivity index (χ4n) is 3.67. The summed E-state index contributed by atoms with van der Waals surface area (Å²) in [6.45, 7) is 3.16. The lowest BCUT2D eigenvalue weighted by atomic mass is 9.97. The van der Waals surface area contributed by atoms with Gasteiger partial charge in [0.2, 0.25) is 5.78 Å². The summed E-state index contributed by atoms with van der Waals surface area (Å²) >= 11 is 11.9. The molecule has 0 fully saturated rings. The third kappa shape index (κ3) is 4.47. The van der Waals surface area contributed by atoms with Crippen molar-refractivity contribution in [2.45, 2.75) is 20.0 Å². The van der Waals surface area contributed by atoms with E-state index in [0.29, 0.717) is 11.1 Å². The molecule has 0 spiro atoms. The maximum Gasteiger partial charge on any atom is 0.327 e. The number of rotatable bonds is 6. The van der Waals surface area contributed by atoms with Crippen LogP contribution in [0.25, 0.3) is 0 Å². The molecular weight excluding hydrogens is 477 g/mol. The number of benzene rings is 3. The molecule has 0 N–H and O–H groups in total. The summed E-state index contributed by atoms with van der Waals surface area (Å²) in [6, 6.07) is 16.4. The molecular formula is C26H19Cl2NO5. The molecule has 2 amide bonds.